The van der Waals surface area contributed by atoms with Crippen LogP contribution in [0.1, 0.15) is 36.6 Å². The van der Waals surface area contributed by atoms with Crippen LogP contribution in [0.25, 0.3) is 10.9 Å². The number of nitrogens with zero attached hydrogens (tertiary/aromatic N) is 1. The van der Waals surface area contributed by atoms with E-state index in [1.54, 1.807) is 7.11 Å². The number of aromatic nitrogens is 1. The zero-order chi connectivity index (χ0) is 15.0. The van der Waals surface area contributed by atoms with Crippen LogP contribution < -0.4 is 10.5 Å². The van der Waals surface area contributed by atoms with E-state index in [0.717, 1.165) is 5.75 Å². The first-order chi connectivity index (χ1) is 9.42. The number of aryl methyl sites for hydroxylation is 2. The van der Waals surface area contributed by atoms with E-state index >= 15 is 0 Å². The average Bonchev–Trinajstić information content (AvgIpc) is 2.63. The number of fused-ring (bicyclic) bond motifs is 1. The third-order valence-corrected chi connectivity index (χ3v) is 4.39. The van der Waals surface area contributed by atoms with Gasteiger partial charge in [0.15, 0.2) is 0 Å². The van der Waals surface area contributed by atoms with E-state index in [0.29, 0.717) is 18.4 Å². The Morgan fingerprint density at radius 2 is 1.90 bits per heavy atom. The van der Waals surface area contributed by atoms with Crippen molar-refractivity contribution in [3.05, 3.63) is 29.0 Å². The molecule has 2 N–H and O–H groups in total. The van der Waals surface area contributed by atoms with Crippen molar-refractivity contribution in [2.24, 2.45) is 18.7 Å². The van der Waals surface area contributed by atoms with Gasteiger partial charge in [-0.15, -0.1) is 0 Å². The molecule has 3 nitrogen and oxygen atoms in total. The summed E-state index contributed by atoms with van der Waals surface area (Å²) in [7, 11) is 3.84. The molecule has 2 rings (SSSR count). The standard InChI is InChI=1S/C17H26N2O/c1-10(2)14(9-18)16-12(4)19(5)17-13(16)7-11(3)8-15(17)20-6/h7-8,10,14H,9,18H2,1-6H3. The molecule has 0 saturated heterocycles. The Hall–Kier alpha value is -1.48. The molecule has 0 radical (unpaired) electrons. The highest BCUT2D eigenvalue weighted by atomic mass is 16.5. The molecule has 0 bridgehead atoms. The van der Waals surface area contributed by atoms with E-state index in [2.05, 4.69) is 51.4 Å². The van der Waals surface area contributed by atoms with Gasteiger partial charge in [0, 0.05) is 24.0 Å². The summed E-state index contributed by atoms with van der Waals surface area (Å²) >= 11 is 0. The summed E-state index contributed by atoms with van der Waals surface area (Å²) < 4.78 is 7.81. The molecular formula is C17H26N2O. The van der Waals surface area contributed by atoms with Crippen molar-refractivity contribution in [3.8, 4) is 5.75 Å². The second-order valence-electron chi connectivity index (χ2n) is 6.01. The number of methoxy groups -OCH3 is 1. The molecule has 0 fully saturated rings. The van der Waals surface area contributed by atoms with Gasteiger partial charge in [-0.05, 0) is 49.6 Å². The number of nitrogens with two attached hydrogens (primary N) is 1. The molecule has 0 aliphatic rings. The minimum atomic E-state index is 0.380. The van der Waals surface area contributed by atoms with E-state index in [4.69, 9.17) is 10.5 Å². The Balaban J connectivity index is 2.85. The van der Waals surface area contributed by atoms with Crippen molar-refractivity contribution in [3.63, 3.8) is 0 Å². The molecule has 2 aromatic rings. The van der Waals surface area contributed by atoms with Gasteiger partial charge in [-0.1, -0.05) is 13.8 Å². The lowest BCUT2D eigenvalue weighted by molar-refractivity contribution is 0.417. The van der Waals surface area contributed by atoms with Gasteiger partial charge in [0.1, 0.15) is 5.75 Å². The largest absolute Gasteiger partial charge is 0.495 e. The van der Waals surface area contributed by atoms with Crippen molar-refractivity contribution in [1.29, 1.82) is 0 Å². The number of rotatable bonds is 4. The van der Waals surface area contributed by atoms with Gasteiger partial charge in [0.2, 0.25) is 0 Å². The van der Waals surface area contributed by atoms with E-state index in [1.165, 1.54) is 27.7 Å². The number of hydrogen-bond donors (Lipinski definition) is 1. The molecule has 1 aromatic carbocycles. The summed E-state index contributed by atoms with van der Waals surface area (Å²) in [4.78, 5) is 0. The van der Waals surface area contributed by atoms with Gasteiger partial charge in [-0.3, -0.25) is 0 Å². The quantitative estimate of drug-likeness (QED) is 0.927. The highest BCUT2D eigenvalue weighted by Crippen LogP contribution is 2.39. The van der Waals surface area contributed by atoms with E-state index in [1.807, 2.05) is 0 Å². The molecule has 20 heavy (non-hydrogen) atoms. The predicted molar refractivity (Wildman–Crippen MR) is 85.6 cm³/mol. The lowest BCUT2D eigenvalue weighted by Gasteiger charge is -2.20. The molecule has 3 heteroatoms. The summed E-state index contributed by atoms with van der Waals surface area (Å²) in [6, 6.07) is 4.35. The number of benzene rings is 1. The zero-order valence-corrected chi connectivity index (χ0v) is 13.4. The molecule has 1 unspecified atom stereocenters. The summed E-state index contributed by atoms with van der Waals surface area (Å²) in [6.45, 7) is 9.44. The van der Waals surface area contributed by atoms with Crippen molar-refractivity contribution >= 4 is 10.9 Å². The summed E-state index contributed by atoms with van der Waals surface area (Å²) in [5.41, 5.74) is 11.1. The van der Waals surface area contributed by atoms with Gasteiger partial charge in [0.25, 0.3) is 0 Å². The topological polar surface area (TPSA) is 40.2 Å². The van der Waals surface area contributed by atoms with Gasteiger partial charge >= 0.3 is 0 Å². The maximum absolute atomic E-state index is 6.04. The normalized spacial score (nSPS) is 13.2. The van der Waals surface area contributed by atoms with Crippen LogP contribution in [0.15, 0.2) is 12.1 Å². The first-order valence-corrected chi connectivity index (χ1v) is 7.25. The van der Waals surface area contributed by atoms with E-state index < -0.39 is 0 Å². The van der Waals surface area contributed by atoms with Crippen LogP contribution in [0.4, 0.5) is 0 Å². The molecular weight excluding hydrogens is 248 g/mol. The first-order valence-electron chi connectivity index (χ1n) is 7.25. The third kappa shape index (κ3) is 2.20. The fraction of sp³-hybridized carbons (Fsp3) is 0.529. The fourth-order valence-electron chi connectivity index (χ4n) is 3.19. The monoisotopic (exact) mass is 274 g/mol. The van der Waals surface area contributed by atoms with Crippen LogP contribution in [-0.4, -0.2) is 18.2 Å². The van der Waals surface area contributed by atoms with Crippen molar-refractivity contribution in [2.75, 3.05) is 13.7 Å². The highest BCUT2D eigenvalue weighted by molar-refractivity contribution is 5.91. The lowest BCUT2D eigenvalue weighted by atomic mass is 9.86. The van der Waals surface area contributed by atoms with Crippen LogP contribution in [0.5, 0.6) is 5.75 Å². The smallest absolute Gasteiger partial charge is 0.143 e. The molecule has 1 atom stereocenters. The van der Waals surface area contributed by atoms with Crippen molar-refractivity contribution in [1.82, 2.24) is 4.57 Å². The zero-order valence-electron chi connectivity index (χ0n) is 13.4. The maximum atomic E-state index is 6.04. The maximum Gasteiger partial charge on any atom is 0.143 e. The van der Waals surface area contributed by atoms with Gasteiger partial charge in [-0.2, -0.15) is 0 Å². The number of ether oxygens (including phenoxy) is 1. The Bertz CT molecular complexity index is 626. The highest BCUT2D eigenvalue weighted by Gasteiger charge is 2.24. The molecule has 0 aliphatic heterocycles. The summed E-state index contributed by atoms with van der Waals surface area (Å²) in [6.07, 6.45) is 0. The van der Waals surface area contributed by atoms with Crippen molar-refractivity contribution in [2.45, 2.75) is 33.6 Å². The van der Waals surface area contributed by atoms with Gasteiger partial charge < -0.3 is 15.0 Å². The molecule has 0 amide bonds. The molecule has 0 saturated carbocycles. The Morgan fingerprint density at radius 3 is 2.40 bits per heavy atom. The number of hydrogen-bond acceptors (Lipinski definition) is 2. The molecule has 1 heterocycles. The minimum absolute atomic E-state index is 0.380. The van der Waals surface area contributed by atoms with Gasteiger partial charge in [-0.25, -0.2) is 0 Å². The lowest BCUT2D eigenvalue weighted by Crippen LogP contribution is -2.18. The second kappa shape index (κ2) is 5.49. The fourth-order valence-corrected chi connectivity index (χ4v) is 3.19. The average molecular weight is 274 g/mol. The summed E-state index contributed by atoms with van der Waals surface area (Å²) in [5, 5.41) is 1.28. The molecule has 110 valence electrons. The van der Waals surface area contributed by atoms with E-state index in [-0.39, 0.29) is 0 Å². The predicted octanol–water partition coefficient (Wildman–Crippen LogP) is 3.50. The summed E-state index contributed by atoms with van der Waals surface area (Å²) in [5.74, 6) is 1.84. The van der Waals surface area contributed by atoms with Crippen molar-refractivity contribution < 1.29 is 4.74 Å². The third-order valence-electron chi connectivity index (χ3n) is 4.39. The van der Waals surface area contributed by atoms with E-state index in [9.17, 15) is 0 Å². The van der Waals surface area contributed by atoms with Crippen LogP contribution in [0.2, 0.25) is 0 Å². The SMILES string of the molecule is COc1cc(C)cc2c(C(CN)C(C)C)c(C)n(C)c12. The Labute approximate surface area is 121 Å². The van der Waals surface area contributed by atoms with Crippen LogP contribution in [0, 0.1) is 19.8 Å². The van der Waals surface area contributed by atoms with Crippen LogP contribution in [0.3, 0.4) is 0 Å². The van der Waals surface area contributed by atoms with Crippen LogP contribution >= 0.6 is 0 Å². The minimum Gasteiger partial charge on any atom is -0.495 e. The first kappa shape index (κ1) is 14.9. The molecule has 0 spiro atoms. The molecule has 0 aliphatic carbocycles. The Kier molecular flexibility index (Phi) is 4.09. The molecule has 1 aromatic heterocycles. The van der Waals surface area contributed by atoms with Crippen LogP contribution in [-0.2, 0) is 7.05 Å². The Morgan fingerprint density at radius 1 is 1.25 bits per heavy atom. The van der Waals surface area contributed by atoms with Gasteiger partial charge in [0.05, 0.1) is 12.6 Å². The second-order valence-corrected chi connectivity index (χ2v) is 6.01.